The molecular formula is C16H19N3. The van der Waals surface area contributed by atoms with Crippen LogP contribution in [-0.4, -0.2) is 11.0 Å². The molecule has 0 saturated heterocycles. The zero-order chi connectivity index (χ0) is 12.8. The number of nitrogen functional groups attached to an aromatic ring is 1. The molecule has 0 bridgehead atoms. The van der Waals surface area contributed by atoms with Gasteiger partial charge >= 0.3 is 0 Å². The molecule has 0 unspecified atom stereocenters. The molecule has 0 aliphatic heterocycles. The zero-order valence-electron chi connectivity index (χ0n) is 11.0. The van der Waals surface area contributed by atoms with Gasteiger partial charge in [0.05, 0.1) is 11.2 Å². The van der Waals surface area contributed by atoms with E-state index in [4.69, 9.17) is 5.73 Å². The van der Waals surface area contributed by atoms with E-state index >= 15 is 0 Å². The lowest BCUT2D eigenvalue weighted by Gasteiger charge is -2.20. The molecule has 0 atom stereocenters. The average molecular weight is 253 g/mol. The van der Waals surface area contributed by atoms with E-state index in [1.54, 1.807) is 0 Å². The van der Waals surface area contributed by atoms with Crippen LogP contribution < -0.4 is 11.1 Å². The third-order valence-corrected chi connectivity index (χ3v) is 4.39. The Morgan fingerprint density at radius 3 is 2.53 bits per heavy atom. The van der Waals surface area contributed by atoms with Gasteiger partial charge in [-0.05, 0) is 61.8 Å². The molecule has 0 radical (unpaired) electrons. The number of nitrogens with one attached hydrogen (secondary N) is 1. The normalized spacial score (nSPS) is 19.0. The summed E-state index contributed by atoms with van der Waals surface area (Å²) in [4.78, 5) is 4.51. The van der Waals surface area contributed by atoms with Crippen LogP contribution in [0.2, 0.25) is 0 Å². The van der Waals surface area contributed by atoms with Gasteiger partial charge < -0.3 is 11.1 Å². The summed E-state index contributed by atoms with van der Waals surface area (Å²) in [6, 6.07) is 8.72. The number of rotatable bonds is 4. The van der Waals surface area contributed by atoms with Gasteiger partial charge in [0, 0.05) is 23.3 Å². The summed E-state index contributed by atoms with van der Waals surface area (Å²) in [7, 11) is 0. The summed E-state index contributed by atoms with van der Waals surface area (Å²) in [6.45, 7) is 0. The van der Waals surface area contributed by atoms with Crippen LogP contribution in [0.25, 0.3) is 10.9 Å². The second-order valence-corrected chi connectivity index (χ2v) is 5.95. The highest BCUT2D eigenvalue weighted by atomic mass is 15.0. The molecule has 98 valence electrons. The molecule has 19 heavy (non-hydrogen) atoms. The van der Waals surface area contributed by atoms with Gasteiger partial charge in [-0.2, -0.15) is 0 Å². The smallest absolute Gasteiger partial charge is 0.0953 e. The first kappa shape index (κ1) is 11.1. The minimum absolute atomic E-state index is 0.647. The monoisotopic (exact) mass is 253 g/mol. The molecule has 0 spiro atoms. The van der Waals surface area contributed by atoms with Crippen LogP contribution in [0, 0.1) is 11.8 Å². The fourth-order valence-corrected chi connectivity index (χ4v) is 3.02. The Hall–Kier alpha value is -1.77. The molecular weight excluding hydrogens is 234 g/mol. The Morgan fingerprint density at radius 2 is 1.84 bits per heavy atom. The molecule has 2 aliphatic carbocycles. The summed E-state index contributed by atoms with van der Waals surface area (Å²) in [5.41, 5.74) is 9.00. The second kappa shape index (κ2) is 4.12. The van der Waals surface area contributed by atoms with Crippen LogP contribution in [0.3, 0.4) is 0 Å². The number of nitrogens with two attached hydrogens (primary N) is 1. The van der Waals surface area contributed by atoms with Gasteiger partial charge in [-0.25, -0.2) is 0 Å². The molecule has 1 aromatic carbocycles. The number of hydrogen-bond acceptors (Lipinski definition) is 3. The molecule has 2 aromatic rings. The molecule has 3 N–H and O–H groups in total. The van der Waals surface area contributed by atoms with Crippen molar-refractivity contribution in [1.29, 1.82) is 0 Å². The minimum Gasteiger partial charge on any atom is -0.398 e. The lowest BCUT2D eigenvalue weighted by Crippen LogP contribution is -2.24. The maximum absolute atomic E-state index is 6.03. The summed E-state index contributed by atoms with van der Waals surface area (Å²) < 4.78 is 0. The standard InChI is InChI=1S/C16H19N3/c17-13-7-8-14(16-12(13)2-1-9-18-16)19-15(10-3-4-10)11-5-6-11/h1-2,7-11,15,19H,3-6,17H2. The van der Waals surface area contributed by atoms with Crippen molar-refractivity contribution in [3.05, 3.63) is 30.5 Å². The first-order valence-electron chi connectivity index (χ1n) is 7.22. The van der Waals surface area contributed by atoms with E-state index in [9.17, 15) is 0 Å². The van der Waals surface area contributed by atoms with Crippen molar-refractivity contribution >= 4 is 22.3 Å². The molecule has 1 heterocycles. The molecule has 3 nitrogen and oxygen atoms in total. The van der Waals surface area contributed by atoms with Crippen LogP contribution in [0.5, 0.6) is 0 Å². The summed E-state index contributed by atoms with van der Waals surface area (Å²) in [6.07, 6.45) is 7.38. The van der Waals surface area contributed by atoms with Crippen molar-refractivity contribution in [2.45, 2.75) is 31.7 Å². The van der Waals surface area contributed by atoms with Crippen LogP contribution in [0.4, 0.5) is 11.4 Å². The van der Waals surface area contributed by atoms with E-state index in [2.05, 4.69) is 16.4 Å². The number of aromatic nitrogens is 1. The summed E-state index contributed by atoms with van der Waals surface area (Å²) in [5.74, 6) is 1.76. The van der Waals surface area contributed by atoms with Gasteiger partial charge in [-0.1, -0.05) is 0 Å². The summed E-state index contributed by atoms with van der Waals surface area (Å²) >= 11 is 0. The SMILES string of the molecule is Nc1ccc(NC(C2CC2)C2CC2)c2ncccc12. The van der Waals surface area contributed by atoms with Crippen molar-refractivity contribution in [2.24, 2.45) is 11.8 Å². The molecule has 3 heteroatoms. The lowest BCUT2D eigenvalue weighted by atomic mass is 10.1. The highest BCUT2D eigenvalue weighted by molar-refractivity contribution is 5.98. The number of nitrogens with zero attached hydrogens (tertiary/aromatic N) is 1. The largest absolute Gasteiger partial charge is 0.398 e. The summed E-state index contributed by atoms with van der Waals surface area (Å²) in [5, 5.41) is 4.81. The highest BCUT2D eigenvalue weighted by Crippen LogP contribution is 2.46. The van der Waals surface area contributed by atoms with E-state index < -0.39 is 0 Å². The van der Waals surface area contributed by atoms with Crippen molar-refractivity contribution < 1.29 is 0 Å². The van der Waals surface area contributed by atoms with Crippen LogP contribution in [-0.2, 0) is 0 Å². The Morgan fingerprint density at radius 1 is 1.11 bits per heavy atom. The maximum Gasteiger partial charge on any atom is 0.0953 e. The maximum atomic E-state index is 6.03. The topological polar surface area (TPSA) is 50.9 Å². The second-order valence-electron chi connectivity index (χ2n) is 5.95. The van der Waals surface area contributed by atoms with Gasteiger partial charge in [0.25, 0.3) is 0 Å². The third kappa shape index (κ3) is 2.03. The first-order chi connectivity index (χ1) is 9.33. The van der Waals surface area contributed by atoms with E-state index in [0.717, 1.165) is 34.1 Å². The average Bonchev–Trinajstić information content (AvgIpc) is 3.30. The van der Waals surface area contributed by atoms with Crippen molar-refractivity contribution in [3.63, 3.8) is 0 Å². The molecule has 1 aromatic heterocycles. The number of hydrogen-bond donors (Lipinski definition) is 2. The van der Waals surface area contributed by atoms with Crippen molar-refractivity contribution in [2.75, 3.05) is 11.1 Å². The molecule has 2 aliphatic rings. The fourth-order valence-electron chi connectivity index (χ4n) is 3.02. The molecule has 0 amide bonds. The van der Waals surface area contributed by atoms with E-state index in [1.165, 1.54) is 25.7 Å². The van der Waals surface area contributed by atoms with Gasteiger partial charge in [0.1, 0.15) is 0 Å². The number of fused-ring (bicyclic) bond motifs is 1. The highest BCUT2D eigenvalue weighted by Gasteiger charge is 2.41. The van der Waals surface area contributed by atoms with Crippen LogP contribution in [0.15, 0.2) is 30.5 Å². The Labute approximate surface area is 113 Å². The Kier molecular flexibility index (Phi) is 2.40. The van der Waals surface area contributed by atoms with Crippen molar-refractivity contribution in [3.8, 4) is 0 Å². The predicted molar refractivity (Wildman–Crippen MR) is 79.0 cm³/mol. The quantitative estimate of drug-likeness (QED) is 0.821. The predicted octanol–water partition coefficient (Wildman–Crippen LogP) is 3.42. The first-order valence-corrected chi connectivity index (χ1v) is 7.22. The van der Waals surface area contributed by atoms with E-state index in [0.29, 0.717) is 6.04 Å². The van der Waals surface area contributed by atoms with Crippen LogP contribution in [0.1, 0.15) is 25.7 Å². The van der Waals surface area contributed by atoms with Gasteiger partial charge in [-0.15, -0.1) is 0 Å². The zero-order valence-corrected chi connectivity index (χ0v) is 11.0. The van der Waals surface area contributed by atoms with Gasteiger partial charge in [0.15, 0.2) is 0 Å². The van der Waals surface area contributed by atoms with Gasteiger partial charge in [0.2, 0.25) is 0 Å². The molecule has 2 saturated carbocycles. The number of pyridine rings is 1. The van der Waals surface area contributed by atoms with E-state index in [1.807, 2.05) is 24.4 Å². The Balaban J connectivity index is 1.72. The minimum atomic E-state index is 0.647. The third-order valence-electron chi connectivity index (χ3n) is 4.39. The molecule has 4 rings (SSSR count). The van der Waals surface area contributed by atoms with Crippen molar-refractivity contribution in [1.82, 2.24) is 4.98 Å². The fraction of sp³-hybridized carbons (Fsp3) is 0.438. The molecule has 2 fully saturated rings. The van der Waals surface area contributed by atoms with Crippen LogP contribution >= 0.6 is 0 Å². The van der Waals surface area contributed by atoms with Gasteiger partial charge in [-0.3, -0.25) is 4.98 Å². The lowest BCUT2D eigenvalue weighted by molar-refractivity contribution is 0.568. The number of anilines is 2. The Bertz CT molecular complexity index is 602. The number of benzene rings is 1. The van der Waals surface area contributed by atoms with E-state index in [-0.39, 0.29) is 0 Å².